The maximum Gasteiger partial charge on any atom is 0.331 e. The maximum absolute atomic E-state index is 12.8. The molecule has 0 bridgehead atoms. The Morgan fingerprint density at radius 1 is 1.25 bits per heavy atom. The van der Waals surface area contributed by atoms with Crippen molar-refractivity contribution in [3.05, 3.63) is 50.9 Å². The number of Topliss-reactive ketones (excluding diaryl/α,β-unsaturated/α-hetero) is 1. The molecule has 0 saturated heterocycles. The molecule has 0 saturated carbocycles. The third kappa shape index (κ3) is 2.32. The average Bonchev–Trinajstić information content (AvgIpc) is 3.30. The van der Waals surface area contributed by atoms with Crippen molar-refractivity contribution in [3.8, 4) is 6.07 Å². The molecule has 0 radical (unpaired) electrons. The summed E-state index contributed by atoms with van der Waals surface area (Å²) in [6.45, 7) is 1.50. The monoisotopic (exact) mass is 357 g/mol. The molecule has 122 valence electrons. The van der Waals surface area contributed by atoms with Gasteiger partial charge < -0.3 is 4.74 Å². The normalized spacial score (nSPS) is 25.8. The Labute approximate surface area is 148 Å². The van der Waals surface area contributed by atoms with Gasteiger partial charge in [0.25, 0.3) is 0 Å². The van der Waals surface area contributed by atoms with Gasteiger partial charge in [-0.15, -0.1) is 22.7 Å². The Hall–Kier alpha value is -2.23. The number of hydrogen-bond acceptors (Lipinski definition) is 6. The fraction of sp³-hybridized carbons (Fsp3) is 0.278. The zero-order valence-corrected chi connectivity index (χ0v) is 14.8. The second-order valence-electron chi connectivity index (χ2n) is 5.60. The van der Waals surface area contributed by atoms with Crippen LogP contribution in [0.15, 0.2) is 41.1 Å². The van der Waals surface area contributed by atoms with Gasteiger partial charge in [-0.3, -0.25) is 4.79 Å². The molecule has 3 rings (SSSR count). The molecule has 24 heavy (non-hydrogen) atoms. The van der Waals surface area contributed by atoms with Crippen LogP contribution >= 0.6 is 22.7 Å². The molecule has 2 aromatic rings. The number of nitriles is 1. The molecule has 4 nitrogen and oxygen atoms in total. The highest BCUT2D eigenvalue weighted by molar-refractivity contribution is 7.11. The van der Waals surface area contributed by atoms with E-state index in [9.17, 15) is 14.9 Å². The largest absolute Gasteiger partial charge is 0.468 e. The first-order chi connectivity index (χ1) is 11.6. The van der Waals surface area contributed by atoms with Crippen LogP contribution < -0.4 is 0 Å². The Bertz CT molecular complexity index is 830. The van der Waals surface area contributed by atoms with Crippen molar-refractivity contribution in [2.75, 3.05) is 7.11 Å². The lowest BCUT2D eigenvalue weighted by molar-refractivity contribution is -0.147. The molecule has 2 heterocycles. The standard InChI is InChI=1S/C18H15NO3S2/c1-11(20)12-9-13(14-5-3-7-23-14)18(10-19,17(21)22-2)16(12)15-6-4-8-24-15/h3-9,12,16H,1-2H3/t12-,16+,18-/m0/s1. The van der Waals surface area contributed by atoms with E-state index in [1.165, 1.54) is 36.7 Å². The Morgan fingerprint density at radius 3 is 2.46 bits per heavy atom. The molecule has 6 heteroatoms. The summed E-state index contributed by atoms with van der Waals surface area (Å²) >= 11 is 2.89. The second kappa shape index (κ2) is 6.34. The van der Waals surface area contributed by atoms with Gasteiger partial charge in [-0.25, -0.2) is 4.79 Å². The summed E-state index contributed by atoms with van der Waals surface area (Å²) in [7, 11) is 1.28. The van der Waals surface area contributed by atoms with Crippen LogP contribution in [-0.4, -0.2) is 18.9 Å². The van der Waals surface area contributed by atoms with E-state index in [0.717, 1.165) is 9.75 Å². The minimum atomic E-state index is -1.51. The zero-order valence-electron chi connectivity index (χ0n) is 13.2. The molecular weight excluding hydrogens is 342 g/mol. The number of nitrogens with zero attached hydrogens (tertiary/aromatic N) is 1. The predicted molar refractivity (Wildman–Crippen MR) is 93.6 cm³/mol. The van der Waals surface area contributed by atoms with E-state index in [-0.39, 0.29) is 5.78 Å². The fourth-order valence-electron chi connectivity index (χ4n) is 3.34. The minimum Gasteiger partial charge on any atom is -0.468 e. The summed E-state index contributed by atoms with van der Waals surface area (Å²) in [5.41, 5.74) is -0.939. The molecule has 3 atom stereocenters. The number of esters is 1. The number of thiophene rings is 2. The molecule has 1 aliphatic carbocycles. The van der Waals surface area contributed by atoms with Gasteiger partial charge in [0, 0.05) is 21.6 Å². The van der Waals surface area contributed by atoms with Crippen LogP contribution in [0.5, 0.6) is 0 Å². The molecular formula is C18H15NO3S2. The first-order valence-electron chi connectivity index (χ1n) is 7.36. The van der Waals surface area contributed by atoms with Crippen molar-refractivity contribution in [2.24, 2.45) is 11.3 Å². The Morgan fingerprint density at radius 2 is 1.96 bits per heavy atom. The van der Waals surface area contributed by atoms with Gasteiger partial charge in [-0.2, -0.15) is 5.26 Å². The molecule has 1 aliphatic rings. The predicted octanol–water partition coefficient (Wildman–Crippen LogP) is 3.88. The van der Waals surface area contributed by atoms with E-state index in [0.29, 0.717) is 5.57 Å². The molecule has 0 unspecified atom stereocenters. The van der Waals surface area contributed by atoms with Crippen LogP contribution in [0.1, 0.15) is 22.6 Å². The van der Waals surface area contributed by atoms with Crippen LogP contribution in [-0.2, 0) is 14.3 Å². The summed E-state index contributed by atoms with van der Waals surface area (Å²) in [6.07, 6.45) is 1.78. The molecule has 0 aromatic carbocycles. The van der Waals surface area contributed by atoms with Crippen LogP contribution in [0.4, 0.5) is 0 Å². The van der Waals surface area contributed by atoms with Gasteiger partial charge in [0.2, 0.25) is 0 Å². The number of hydrogen-bond donors (Lipinski definition) is 0. The van der Waals surface area contributed by atoms with Crippen molar-refractivity contribution >= 4 is 40.0 Å². The SMILES string of the molecule is COC(=O)[C@@]1(C#N)C(c2cccs2)=C[C@@H](C(C)=O)[C@@H]1c1cccs1. The quantitative estimate of drug-likeness (QED) is 0.779. The summed E-state index contributed by atoms with van der Waals surface area (Å²) in [5.74, 6) is -1.78. The number of rotatable bonds is 4. The van der Waals surface area contributed by atoms with Gasteiger partial charge in [-0.05, 0) is 35.4 Å². The lowest BCUT2D eigenvalue weighted by atomic mass is 9.70. The van der Waals surface area contributed by atoms with E-state index < -0.39 is 23.2 Å². The van der Waals surface area contributed by atoms with Crippen LogP contribution in [0.25, 0.3) is 5.57 Å². The van der Waals surface area contributed by atoms with Gasteiger partial charge in [-0.1, -0.05) is 18.2 Å². The third-order valence-electron chi connectivity index (χ3n) is 4.39. The van der Waals surface area contributed by atoms with Crippen LogP contribution in [0, 0.1) is 22.7 Å². The van der Waals surface area contributed by atoms with Crippen LogP contribution in [0.3, 0.4) is 0 Å². The van der Waals surface area contributed by atoms with E-state index in [1.54, 1.807) is 6.08 Å². The lowest BCUT2D eigenvalue weighted by Crippen LogP contribution is -2.38. The topological polar surface area (TPSA) is 67.2 Å². The number of methoxy groups -OCH3 is 1. The number of allylic oxidation sites excluding steroid dienone is 1. The van der Waals surface area contributed by atoms with E-state index in [4.69, 9.17) is 4.74 Å². The molecule has 0 fully saturated rings. The van der Waals surface area contributed by atoms with Crippen molar-refractivity contribution in [3.63, 3.8) is 0 Å². The molecule has 0 spiro atoms. The first-order valence-corrected chi connectivity index (χ1v) is 9.12. The third-order valence-corrected chi connectivity index (χ3v) is 6.24. The van der Waals surface area contributed by atoms with Gasteiger partial charge in [0.1, 0.15) is 5.78 Å². The van der Waals surface area contributed by atoms with Crippen molar-refractivity contribution in [1.82, 2.24) is 0 Å². The minimum absolute atomic E-state index is 0.0662. The first kappa shape index (κ1) is 16.6. The summed E-state index contributed by atoms with van der Waals surface area (Å²) in [5, 5.41) is 13.8. The zero-order chi connectivity index (χ0) is 17.3. The van der Waals surface area contributed by atoms with Crippen molar-refractivity contribution < 1.29 is 14.3 Å². The molecule has 2 aromatic heterocycles. The second-order valence-corrected chi connectivity index (χ2v) is 7.53. The van der Waals surface area contributed by atoms with E-state index in [1.807, 2.05) is 35.0 Å². The van der Waals surface area contributed by atoms with Gasteiger partial charge in [0.05, 0.1) is 13.2 Å². The summed E-state index contributed by atoms with van der Waals surface area (Å²) < 4.78 is 5.01. The van der Waals surface area contributed by atoms with E-state index in [2.05, 4.69) is 6.07 Å². The smallest absolute Gasteiger partial charge is 0.331 e. The highest BCUT2D eigenvalue weighted by Gasteiger charge is 2.59. The summed E-state index contributed by atoms with van der Waals surface area (Å²) in [4.78, 5) is 26.7. The molecule has 0 N–H and O–H groups in total. The molecule has 0 amide bonds. The number of ether oxygens (including phenoxy) is 1. The summed E-state index contributed by atoms with van der Waals surface area (Å²) in [6, 6.07) is 9.66. The van der Waals surface area contributed by atoms with Crippen LogP contribution in [0.2, 0.25) is 0 Å². The highest BCUT2D eigenvalue weighted by Crippen LogP contribution is 2.58. The van der Waals surface area contributed by atoms with Gasteiger partial charge in [0.15, 0.2) is 5.41 Å². The lowest BCUT2D eigenvalue weighted by Gasteiger charge is -2.30. The average molecular weight is 357 g/mol. The van der Waals surface area contributed by atoms with Gasteiger partial charge >= 0.3 is 5.97 Å². The van der Waals surface area contributed by atoms with Crippen molar-refractivity contribution in [2.45, 2.75) is 12.8 Å². The number of ketones is 1. The number of carbonyl (C=O) groups excluding carboxylic acids is 2. The van der Waals surface area contributed by atoms with E-state index >= 15 is 0 Å². The Kier molecular flexibility index (Phi) is 4.39. The molecule has 0 aliphatic heterocycles. The fourth-order valence-corrected chi connectivity index (χ4v) is 5.09. The Balaban J connectivity index is 2.28. The number of carbonyl (C=O) groups is 2. The highest BCUT2D eigenvalue weighted by atomic mass is 32.1. The maximum atomic E-state index is 12.8. The van der Waals surface area contributed by atoms with Crippen molar-refractivity contribution in [1.29, 1.82) is 5.26 Å².